The van der Waals surface area contributed by atoms with Gasteiger partial charge in [-0.05, 0) is 26.0 Å². The molecule has 0 spiro atoms. The van der Waals surface area contributed by atoms with Crippen LogP contribution in [-0.2, 0) is 13.6 Å². The summed E-state index contributed by atoms with van der Waals surface area (Å²) in [6.45, 7) is 10.9. The maximum absolute atomic E-state index is 12.7. The zero-order valence-corrected chi connectivity index (χ0v) is 15.2. The molecule has 1 aromatic rings. The van der Waals surface area contributed by atoms with Crippen LogP contribution in [0.15, 0.2) is 16.5 Å². The Hall–Kier alpha value is -0.353. The maximum Gasteiger partial charge on any atom is 0.396 e. The van der Waals surface area contributed by atoms with Crippen molar-refractivity contribution in [2.75, 3.05) is 13.2 Å². The fourth-order valence-electron chi connectivity index (χ4n) is 2.54. The highest BCUT2D eigenvalue weighted by atomic mass is 31.2. The van der Waals surface area contributed by atoms with Crippen molar-refractivity contribution in [2.45, 2.75) is 52.8 Å². The molecule has 0 atom stereocenters. The van der Waals surface area contributed by atoms with E-state index in [0.717, 1.165) is 23.5 Å². The van der Waals surface area contributed by atoms with E-state index in [1.54, 1.807) is 19.9 Å². The lowest BCUT2D eigenvalue weighted by Crippen LogP contribution is -2.45. The van der Waals surface area contributed by atoms with Crippen molar-refractivity contribution in [2.24, 2.45) is 0 Å². The molecule has 0 saturated carbocycles. The van der Waals surface area contributed by atoms with Crippen molar-refractivity contribution < 1.29 is 18.0 Å². The Kier molecular flexibility index (Phi) is 6.72. The summed E-state index contributed by atoms with van der Waals surface area (Å²) in [7, 11) is -4.89. The van der Waals surface area contributed by atoms with Crippen LogP contribution in [0.1, 0.15) is 34.6 Å². The van der Waals surface area contributed by atoms with Crippen LogP contribution >= 0.6 is 7.60 Å². The second kappa shape index (κ2) is 7.60. The van der Waals surface area contributed by atoms with E-state index < -0.39 is 15.7 Å². The van der Waals surface area contributed by atoms with Crippen LogP contribution in [0.5, 0.6) is 0 Å². The molecule has 0 N–H and O–H groups in total. The smallest absolute Gasteiger partial charge is 0.396 e. The zero-order chi connectivity index (χ0) is 15.2. The Bertz CT molecular complexity index is 436. The molecule has 0 aromatic carbocycles. The van der Waals surface area contributed by atoms with E-state index in [2.05, 4.69) is 20.8 Å². The number of hydrogen-bond donors (Lipinski definition) is 0. The van der Waals surface area contributed by atoms with E-state index >= 15 is 0 Å². The topological polar surface area (TPSA) is 48.7 Å². The third kappa shape index (κ3) is 3.45. The molecule has 0 aliphatic heterocycles. The van der Waals surface area contributed by atoms with Crippen LogP contribution in [-0.4, -0.2) is 21.3 Å². The summed E-state index contributed by atoms with van der Waals surface area (Å²) >= 11 is 0. The fraction of sp³-hybridized carbons (Fsp3) is 0.714. The molecule has 116 valence electrons. The number of hydrogen-bond acceptors (Lipinski definition) is 4. The summed E-state index contributed by atoms with van der Waals surface area (Å²) in [5, 5.41) is 1.01. The van der Waals surface area contributed by atoms with Gasteiger partial charge in [0, 0.05) is 0 Å². The van der Waals surface area contributed by atoms with Gasteiger partial charge in [-0.15, -0.1) is 0 Å². The molecule has 0 bridgehead atoms. The van der Waals surface area contributed by atoms with Crippen LogP contribution in [0.25, 0.3) is 0 Å². The van der Waals surface area contributed by atoms with E-state index in [4.69, 9.17) is 13.5 Å². The molecule has 0 aliphatic rings. The van der Waals surface area contributed by atoms with Crippen molar-refractivity contribution >= 4 is 26.6 Å². The first-order chi connectivity index (χ1) is 9.51. The van der Waals surface area contributed by atoms with Crippen LogP contribution in [0.4, 0.5) is 0 Å². The maximum atomic E-state index is 12.7. The largest absolute Gasteiger partial charge is 0.458 e. The summed E-state index contributed by atoms with van der Waals surface area (Å²) < 4.78 is 29.3. The molecule has 0 amide bonds. The average molecular weight is 318 g/mol. The van der Waals surface area contributed by atoms with E-state index in [0.29, 0.717) is 18.7 Å². The van der Waals surface area contributed by atoms with Gasteiger partial charge in [-0.25, -0.2) is 0 Å². The van der Waals surface area contributed by atoms with E-state index in [1.165, 1.54) is 0 Å². The summed E-state index contributed by atoms with van der Waals surface area (Å²) in [4.78, 5) is 0. The highest BCUT2D eigenvalue weighted by molar-refractivity contribution is 7.61. The Balaban J connectivity index is 3.15. The normalized spacial score (nSPS) is 12.8. The lowest BCUT2D eigenvalue weighted by molar-refractivity contribution is 0.225. The van der Waals surface area contributed by atoms with Gasteiger partial charge in [-0.2, -0.15) is 0 Å². The molecule has 0 fully saturated rings. The lowest BCUT2D eigenvalue weighted by atomic mass is 10.7. The van der Waals surface area contributed by atoms with Gasteiger partial charge < -0.3 is 13.5 Å². The quantitative estimate of drug-likeness (QED) is 0.512. The summed E-state index contributed by atoms with van der Waals surface area (Å²) in [5.74, 6) is 0. The van der Waals surface area contributed by atoms with Gasteiger partial charge in [0.05, 0.1) is 18.6 Å². The average Bonchev–Trinajstić information content (AvgIpc) is 2.93. The SMILES string of the molecule is CCOP(=O)(OCC)c1ccc([Si](CC)(CC)CC)o1. The highest BCUT2D eigenvalue weighted by Gasteiger charge is 2.37. The predicted molar refractivity (Wildman–Crippen MR) is 86.0 cm³/mol. The van der Waals surface area contributed by atoms with Gasteiger partial charge in [-0.3, -0.25) is 4.57 Å². The molecular weight excluding hydrogens is 291 g/mol. The molecule has 1 rings (SSSR count). The Morgan fingerprint density at radius 3 is 1.90 bits per heavy atom. The second-order valence-electron chi connectivity index (χ2n) is 4.81. The van der Waals surface area contributed by atoms with Crippen molar-refractivity contribution in [3.8, 4) is 0 Å². The molecule has 6 heteroatoms. The fourth-order valence-corrected chi connectivity index (χ4v) is 7.41. The minimum Gasteiger partial charge on any atom is -0.458 e. The van der Waals surface area contributed by atoms with Gasteiger partial charge in [-0.1, -0.05) is 38.9 Å². The Labute approximate surface area is 123 Å². The molecule has 0 unspecified atom stereocenters. The summed E-state index contributed by atoms with van der Waals surface area (Å²) in [6, 6.07) is 7.12. The summed E-state index contributed by atoms with van der Waals surface area (Å²) in [6.07, 6.45) is 0. The van der Waals surface area contributed by atoms with Crippen molar-refractivity contribution in [1.82, 2.24) is 0 Å². The van der Waals surface area contributed by atoms with Crippen LogP contribution < -0.4 is 10.9 Å². The second-order valence-corrected chi connectivity index (χ2v) is 11.9. The highest BCUT2D eigenvalue weighted by Crippen LogP contribution is 2.46. The van der Waals surface area contributed by atoms with Gasteiger partial charge in [0.2, 0.25) is 5.50 Å². The Morgan fingerprint density at radius 1 is 1.00 bits per heavy atom. The molecule has 0 aliphatic carbocycles. The lowest BCUT2D eigenvalue weighted by Gasteiger charge is -2.25. The molecule has 0 saturated heterocycles. The van der Waals surface area contributed by atoms with Gasteiger partial charge in [0.1, 0.15) is 8.07 Å². The molecular formula is C14H27O4PSi. The van der Waals surface area contributed by atoms with Crippen molar-refractivity contribution in [3.63, 3.8) is 0 Å². The van der Waals surface area contributed by atoms with Gasteiger partial charge >= 0.3 is 7.60 Å². The number of rotatable bonds is 9. The first kappa shape index (κ1) is 17.7. The monoisotopic (exact) mass is 318 g/mol. The minimum absolute atomic E-state index is 0.339. The van der Waals surface area contributed by atoms with E-state index in [1.807, 2.05) is 6.07 Å². The van der Waals surface area contributed by atoms with E-state index in [9.17, 15) is 4.57 Å². The molecule has 0 radical (unpaired) electrons. The zero-order valence-electron chi connectivity index (χ0n) is 13.3. The van der Waals surface area contributed by atoms with Crippen LogP contribution in [0.2, 0.25) is 18.1 Å². The first-order valence-corrected chi connectivity index (χ1v) is 11.7. The van der Waals surface area contributed by atoms with Gasteiger partial charge in [0.25, 0.3) is 0 Å². The first-order valence-electron chi connectivity index (χ1n) is 7.51. The van der Waals surface area contributed by atoms with Gasteiger partial charge in [0.15, 0.2) is 0 Å². The molecule has 1 heterocycles. The van der Waals surface area contributed by atoms with Crippen molar-refractivity contribution in [1.29, 1.82) is 0 Å². The third-order valence-corrected chi connectivity index (χ3v) is 11.4. The molecule has 1 aromatic heterocycles. The predicted octanol–water partition coefficient (Wildman–Crippen LogP) is 3.89. The van der Waals surface area contributed by atoms with E-state index in [-0.39, 0.29) is 0 Å². The third-order valence-electron chi connectivity index (χ3n) is 4.01. The number of furan rings is 1. The molecule has 4 nitrogen and oxygen atoms in total. The van der Waals surface area contributed by atoms with Crippen LogP contribution in [0.3, 0.4) is 0 Å². The van der Waals surface area contributed by atoms with Crippen LogP contribution in [0, 0.1) is 0 Å². The molecule has 20 heavy (non-hydrogen) atoms. The minimum atomic E-state index is -3.30. The van der Waals surface area contributed by atoms with Crippen molar-refractivity contribution in [3.05, 3.63) is 12.1 Å². The summed E-state index contributed by atoms with van der Waals surface area (Å²) in [5.41, 5.74) is 0.350. The Morgan fingerprint density at radius 2 is 1.50 bits per heavy atom. The standard InChI is InChI=1S/C14H27O4PSi/c1-6-16-19(15,17-7-2)13-11-12-14(18-13)20(8-3,9-4)10-5/h11-12H,6-10H2,1-5H3.